The lowest BCUT2D eigenvalue weighted by atomic mass is 10.3. The molecule has 1 aromatic carbocycles. The van der Waals surface area contributed by atoms with Crippen LogP contribution >= 0.6 is 0 Å². The molecule has 7 nitrogen and oxygen atoms in total. The minimum absolute atomic E-state index is 0.0104. The van der Waals surface area contributed by atoms with Gasteiger partial charge in [-0.1, -0.05) is 0 Å². The Morgan fingerprint density at radius 2 is 2.00 bits per heavy atom. The summed E-state index contributed by atoms with van der Waals surface area (Å²) in [6, 6.07) is 5.91. The Hall–Kier alpha value is -2.15. The highest BCUT2D eigenvalue weighted by molar-refractivity contribution is 5.75. The third kappa shape index (κ3) is 5.82. The zero-order chi connectivity index (χ0) is 14.1. The molecule has 0 aliphatic rings. The minimum atomic E-state index is -0.454. The molecule has 0 saturated carbocycles. The summed E-state index contributed by atoms with van der Waals surface area (Å²) >= 11 is 0. The maximum absolute atomic E-state index is 10.9. The Labute approximate surface area is 111 Å². The topological polar surface area (TPSA) is 93.5 Å². The first-order valence-corrected chi connectivity index (χ1v) is 5.92. The molecule has 1 aromatic rings. The summed E-state index contributed by atoms with van der Waals surface area (Å²) in [6.45, 7) is 1.63. The number of ether oxygens (including phenoxy) is 1. The summed E-state index contributed by atoms with van der Waals surface area (Å²) in [6.07, 6.45) is 0.425. The summed E-state index contributed by atoms with van der Waals surface area (Å²) in [5.41, 5.74) is 0.0380. The summed E-state index contributed by atoms with van der Waals surface area (Å²) in [4.78, 5) is 20.9. The van der Waals surface area contributed by atoms with Crippen LogP contribution in [0.15, 0.2) is 24.3 Å². The number of nitrogens with one attached hydrogen (secondary N) is 2. The van der Waals surface area contributed by atoms with Gasteiger partial charge in [-0.3, -0.25) is 14.9 Å². The molecule has 0 aliphatic heterocycles. The lowest BCUT2D eigenvalue weighted by Crippen LogP contribution is -2.27. The monoisotopic (exact) mass is 267 g/mol. The van der Waals surface area contributed by atoms with Crippen LogP contribution in [-0.4, -0.2) is 37.6 Å². The first-order chi connectivity index (χ1) is 9.13. The van der Waals surface area contributed by atoms with E-state index in [4.69, 9.17) is 4.74 Å². The van der Waals surface area contributed by atoms with Crippen LogP contribution in [0.4, 0.5) is 5.69 Å². The van der Waals surface area contributed by atoms with E-state index in [1.54, 1.807) is 19.2 Å². The quantitative estimate of drug-likeness (QED) is 0.411. The second-order valence-electron chi connectivity index (χ2n) is 3.77. The fourth-order valence-corrected chi connectivity index (χ4v) is 1.36. The van der Waals surface area contributed by atoms with Crippen molar-refractivity contribution in [3.63, 3.8) is 0 Å². The van der Waals surface area contributed by atoms with E-state index in [-0.39, 0.29) is 11.6 Å². The number of hydrogen-bond acceptors (Lipinski definition) is 5. The van der Waals surface area contributed by atoms with Crippen LogP contribution in [-0.2, 0) is 4.79 Å². The maximum atomic E-state index is 10.9. The van der Waals surface area contributed by atoms with E-state index in [0.717, 1.165) is 0 Å². The third-order valence-corrected chi connectivity index (χ3v) is 2.40. The highest BCUT2D eigenvalue weighted by atomic mass is 16.6. The number of nitro groups is 1. The fourth-order valence-electron chi connectivity index (χ4n) is 1.36. The van der Waals surface area contributed by atoms with Crippen molar-refractivity contribution in [1.82, 2.24) is 10.6 Å². The minimum Gasteiger partial charge on any atom is -0.492 e. The average Bonchev–Trinajstić information content (AvgIpc) is 2.42. The van der Waals surface area contributed by atoms with Crippen molar-refractivity contribution in [3.8, 4) is 5.75 Å². The molecule has 1 rings (SSSR count). The van der Waals surface area contributed by atoms with Crippen LogP contribution in [0.5, 0.6) is 5.75 Å². The van der Waals surface area contributed by atoms with Crippen LogP contribution in [0, 0.1) is 10.1 Å². The number of rotatable bonds is 8. The number of benzene rings is 1. The average molecular weight is 267 g/mol. The number of carbonyl (C=O) groups excluding carboxylic acids is 1. The molecular formula is C12H17N3O4. The van der Waals surface area contributed by atoms with Gasteiger partial charge >= 0.3 is 0 Å². The zero-order valence-corrected chi connectivity index (χ0v) is 10.7. The second-order valence-corrected chi connectivity index (χ2v) is 3.77. The van der Waals surface area contributed by atoms with Gasteiger partial charge in [0.05, 0.1) is 4.92 Å². The molecule has 2 N–H and O–H groups in total. The molecule has 1 amide bonds. The number of nitro benzene ring substituents is 1. The standard InChI is InChI=1S/C12H17N3O4/c1-13-12(16)6-7-14-8-9-19-11-4-2-10(3-5-11)15(17)18/h2-5,14H,6-9H2,1H3,(H,13,16). The van der Waals surface area contributed by atoms with Crippen molar-refractivity contribution < 1.29 is 14.5 Å². The molecule has 0 saturated heterocycles. The van der Waals surface area contributed by atoms with Gasteiger partial charge in [0.2, 0.25) is 5.91 Å². The van der Waals surface area contributed by atoms with Gasteiger partial charge in [0.15, 0.2) is 0 Å². The highest BCUT2D eigenvalue weighted by Crippen LogP contribution is 2.16. The van der Waals surface area contributed by atoms with Crippen molar-refractivity contribution >= 4 is 11.6 Å². The van der Waals surface area contributed by atoms with Gasteiger partial charge in [-0.25, -0.2) is 0 Å². The van der Waals surface area contributed by atoms with Crippen LogP contribution in [0.1, 0.15) is 6.42 Å². The summed E-state index contributed by atoms with van der Waals surface area (Å²) in [7, 11) is 1.60. The Kier molecular flexibility index (Phi) is 6.31. The van der Waals surface area contributed by atoms with E-state index in [2.05, 4.69) is 10.6 Å². The van der Waals surface area contributed by atoms with E-state index >= 15 is 0 Å². The smallest absolute Gasteiger partial charge is 0.269 e. The first kappa shape index (κ1) is 14.9. The molecule has 0 aromatic heterocycles. The fraction of sp³-hybridized carbons (Fsp3) is 0.417. The Morgan fingerprint density at radius 3 is 2.58 bits per heavy atom. The molecule has 0 fully saturated rings. The molecule has 7 heteroatoms. The molecular weight excluding hydrogens is 250 g/mol. The number of nitrogens with zero attached hydrogens (tertiary/aromatic N) is 1. The molecule has 0 radical (unpaired) electrons. The van der Waals surface area contributed by atoms with Gasteiger partial charge in [-0.05, 0) is 12.1 Å². The van der Waals surface area contributed by atoms with Crippen molar-refractivity contribution in [2.24, 2.45) is 0 Å². The van der Waals surface area contributed by atoms with Gasteiger partial charge < -0.3 is 15.4 Å². The third-order valence-electron chi connectivity index (χ3n) is 2.40. The number of hydrogen-bond donors (Lipinski definition) is 2. The molecule has 0 aliphatic carbocycles. The van der Waals surface area contributed by atoms with E-state index in [1.807, 2.05) is 0 Å². The number of amides is 1. The number of carbonyl (C=O) groups is 1. The molecule has 0 atom stereocenters. The van der Waals surface area contributed by atoms with Crippen LogP contribution in [0.25, 0.3) is 0 Å². The van der Waals surface area contributed by atoms with Gasteiger partial charge in [0.25, 0.3) is 5.69 Å². The highest BCUT2D eigenvalue weighted by Gasteiger charge is 2.04. The van der Waals surface area contributed by atoms with Crippen molar-refractivity contribution in [3.05, 3.63) is 34.4 Å². The van der Waals surface area contributed by atoms with Crippen molar-refractivity contribution in [1.29, 1.82) is 0 Å². The van der Waals surface area contributed by atoms with Crippen LogP contribution in [0.2, 0.25) is 0 Å². The van der Waals surface area contributed by atoms with E-state index < -0.39 is 4.92 Å². The van der Waals surface area contributed by atoms with Crippen LogP contribution in [0.3, 0.4) is 0 Å². The Bertz CT molecular complexity index is 419. The Balaban J connectivity index is 2.15. The normalized spacial score (nSPS) is 9.95. The second kappa shape index (κ2) is 8.04. The van der Waals surface area contributed by atoms with E-state index in [1.165, 1.54) is 12.1 Å². The number of non-ortho nitro benzene ring substituents is 1. The van der Waals surface area contributed by atoms with Crippen LogP contribution < -0.4 is 15.4 Å². The van der Waals surface area contributed by atoms with Gasteiger partial charge in [0, 0.05) is 38.7 Å². The summed E-state index contributed by atoms with van der Waals surface area (Å²) in [5.74, 6) is 0.572. The summed E-state index contributed by atoms with van der Waals surface area (Å²) < 4.78 is 5.39. The molecule has 0 spiro atoms. The largest absolute Gasteiger partial charge is 0.492 e. The molecule has 0 bridgehead atoms. The lowest BCUT2D eigenvalue weighted by molar-refractivity contribution is -0.384. The first-order valence-electron chi connectivity index (χ1n) is 5.92. The predicted molar refractivity (Wildman–Crippen MR) is 70.1 cm³/mol. The molecule has 104 valence electrons. The Morgan fingerprint density at radius 1 is 1.32 bits per heavy atom. The van der Waals surface area contributed by atoms with E-state index in [0.29, 0.717) is 31.9 Å². The molecule has 0 unspecified atom stereocenters. The summed E-state index contributed by atoms with van der Waals surface area (Å²) in [5, 5.41) is 16.0. The maximum Gasteiger partial charge on any atom is 0.269 e. The van der Waals surface area contributed by atoms with Gasteiger partial charge in [-0.2, -0.15) is 0 Å². The van der Waals surface area contributed by atoms with Crippen molar-refractivity contribution in [2.75, 3.05) is 26.7 Å². The molecule has 0 heterocycles. The van der Waals surface area contributed by atoms with Crippen molar-refractivity contribution in [2.45, 2.75) is 6.42 Å². The SMILES string of the molecule is CNC(=O)CCNCCOc1ccc([N+](=O)[O-])cc1. The predicted octanol–water partition coefficient (Wildman–Crippen LogP) is 0.699. The van der Waals surface area contributed by atoms with Gasteiger partial charge in [0.1, 0.15) is 12.4 Å². The zero-order valence-electron chi connectivity index (χ0n) is 10.7. The lowest BCUT2D eigenvalue weighted by Gasteiger charge is -2.07. The van der Waals surface area contributed by atoms with E-state index in [9.17, 15) is 14.9 Å². The van der Waals surface area contributed by atoms with Gasteiger partial charge in [-0.15, -0.1) is 0 Å². The molecule has 19 heavy (non-hydrogen) atoms.